The van der Waals surface area contributed by atoms with E-state index >= 15 is 0 Å². The number of carbonyl (C=O) groups excluding carboxylic acids is 2. The van der Waals surface area contributed by atoms with Crippen LogP contribution in [0.25, 0.3) is 10.8 Å². The molecule has 1 fully saturated rings. The van der Waals surface area contributed by atoms with Crippen molar-refractivity contribution < 1.29 is 14.3 Å². The molecule has 0 saturated heterocycles. The number of hydrogen-bond donors (Lipinski definition) is 0. The lowest BCUT2D eigenvalue weighted by atomic mass is 10.0. The van der Waals surface area contributed by atoms with Crippen LogP contribution in [0.5, 0.6) is 0 Å². The number of methoxy groups -OCH3 is 1. The largest absolute Gasteiger partial charge is 0.467 e. The third kappa shape index (κ3) is 2.56. The Morgan fingerprint density at radius 3 is 2.50 bits per heavy atom. The van der Waals surface area contributed by atoms with Crippen molar-refractivity contribution in [2.45, 2.75) is 31.8 Å². The maximum atomic E-state index is 13.0. The molecule has 1 aliphatic rings. The topological polar surface area (TPSA) is 46.6 Å². The van der Waals surface area contributed by atoms with Crippen molar-refractivity contribution in [1.82, 2.24) is 4.90 Å². The molecule has 1 amide bonds. The number of benzene rings is 2. The Bertz CT molecular complexity index is 716. The third-order valence-electron chi connectivity index (χ3n) is 4.15. The van der Waals surface area contributed by atoms with E-state index < -0.39 is 6.04 Å². The molecule has 0 radical (unpaired) electrons. The Balaban J connectivity index is 2.01. The molecule has 0 aliphatic heterocycles. The van der Waals surface area contributed by atoms with E-state index in [0.29, 0.717) is 5.56 Å². The summed E-state index contributed by atoms with van der Waals surface area (Å²) in [4.78, 5) is 26.6. The molecule has 114 valence electrons. The summed E-state index contributed by atoms with van der Waals surface area (Å²) in [6, 6.07) is 13.1. The fourth-order valence-corrected chi connectivity index (χ4v) is 2.85. The first-order chi connectivity index (χ1) is 10.6. The molecule has 22 heavy (non-hydrogen) atoms. The van der Waals surface area contributed by atoms with Gasteiger partial charge in [0.1, 0.15) is 6.04 Å². The van der Waals surface area contributed by atoms with Crippen LogP contribution in [0, 0.1) is 0 Å². The van der Waals surface area contributed by atoms with E-state index in [2.05, 4.69) is 0 Å². The van der Waals surface area contributed by atoms with E-state index in [9.17, 15) is 9.59 Å². The zero-order valence-corrected chi connectivity index (χ0v) is 12.8. The highest BCUT2D eigenvalue weighted by Gasteiger charge is 2.39. The van der Waals surface area contributed by atoms with Crippen molar-refractivity contribution in [2.75, 3.05) is 7.11 Å². The van der Waals surface area contributed by atoms with Gasteiger partial charge >= 0.3 is 5.97 Å². The number of nitrogens with zero attached hydrogens (tertiary/aromatic N) is 1. The Labute approximate surface area is 129 Å². The van der Waals surface area contributed by atoms with Crippen LogP contribution in [0.15, 0.2) is 42.5 Å². The predicted octanol–water partition coefficient (Wildman–Crippen LogP) is 3.01. The summed E-state index contributed by atoms with van der Waals surface area (Å²) in [5, 5.41) is 1.94. The molecule has 0 heterocycles. The SMILES string of the molecule is COC(=O)[C@@H](C)N(C(=O)c1cccc2ccccc12)C1CC1. The summed E-state index contributed by atoms with van der Waals surface area (Å²) >= 11 is 0. The Hall–Kier alpha value is -2.36. The average molecular weight is 297 g/mol. The van der Waals surface area contributed by atoms with Crippen LogP contribution < -0.4 is 0 Å². The number of carbonyl (C=O) groups is 2. The lowest BCUT2D eigenvalue weighted by Crippen LogP contribution is -2.45. The van der Waals surface area contributed by atoms with Crippen LogP contribution >= 0.6 is 0 Å². The number of ether oxygens (including phenoxy) is 1. The fourth-order valence-electron chi connectivity index (χ4n) is 2.85. The van der Waals surface area contributed by atoms with Crippen molar-refractivity contribution >= 4 is 22.6 Å². The van der Waals surface area contributed by atoms with Crippen molar-refractivity contribution in [3.63, 3.8) is 0 Å². The summed E-state index contributed by atoms with van der Waals surface area (Å²) in [5.41, 5.74) is 0.640. The third-order valence-corrected chi connectivity index (χ3v) is 4.15. The standard InChI is InChI=1S/C18H19NO3/c1-12(18(21)22-2)19(14-10-11-14)17(20)16-9-5-7-13-6-3-4-8-15(13)16/h3-9,12,14H,10-11H2,1-2H3/t12-/m1/s1. The number of rotatable bonds is 4. The molecule has 2 aromatic carbocycles. The second-order valence-corrected chi connectivity index (χ2v) is 5.67. The Morgan fingerprint density at radius 2 is 1.82 bits per heavy atom. The van der Waals surface area contributed by atoms with Gasteiger partial charge < -0.3 is 9.64 Å². The van der Waals surface area contributed by atoms with Gasteiger partial charge in [0.15, 0.2) is 0 Å². The van der Waals surface area contributed by atoms with E-state index in [0.717, 1.165) is 23.6 Å². The number of amides is 1. The van der Waals surface area contributed by atoms with E-state index in [1.165, 1.54) is 7.11 Å². The van der Waals surface area contributed by atoms with Crippen molar-refractivity contribution in [3.8, 4) is 0 Å². The maximum Gasteiger partial charge on any atom is 0.328 e. The molecule has 2 aromatic rings. The minimum atomic E-state index is -0.566. The molecule has 0 spiro atoms. The van der Waals surface area contributed by atoms with Crippen LogP contribution in [0.2, 0.25) is 0 Å². The Kier molecular flexibility index (Phi) is 3.84. The highest BCUT2D eigenvalue weighted by atomic mass is 16.5. The van der Waals surface area contributed by atoms with Gasteiger partial charge in [-0.25, -0.2) is 4.79 Å². The highest BCUT2D eigenvalue weighted by Crippen LogP contribution is 2.32. The smallest absolute Gasteiger partial charge is 0.328 e. The molecule has 1 atom stereocenters. The first kappa shape index (κ1) is 14.6. The van der Waals surface area contributed by atoms with Crippen molar-refractivity contribution in [3.05, 3.63) is 48.0 Å². The molecule has 1 aliphatic carbocycles. The molecule has 4 heteroatoms. The lowest BCUT2D eigenvalue weighted by Gasteiger charge is -2.28. The minimum absolute atomic E-state index is 0.0998. The monoisotopic (exact) mass is 297 g/mol. The lowest BCUT2D eigenvalue weighted by molar-refractivity contribution is -0.145. The van der Waals surface area contributed by atoms with Gasteiger partial charge in [-0.1, -0.05) is 36.4 Å². The van der Waals surface area contributed by atoms with Gasteiger partial charge in [0.2, 0.25) is 0 Å². The van der Waals surface area contributed by atoms with E-state index in [1.54, 1.807) is 11.8 Å². The first-order valence-electron chi connectivity index (χ1n) is 7.51. The van der Waals surface area contributed by atoms with Crippen LogP contribution in [-0.4, -0.2) is 36.0 Å². The second kappa shape index (κ2) is 5.79. The van der Waals surface area contributed by atoms with Crippen LogP contribution in [-0.2, 0) is 9.53 Å². The van der Waals surface area contributed by atoms with Crippen molar-refractivity contribution in [2.24, 2.45) is 0 Å². The summed E-state index contributed by atoms with van der Waals surface area (Å²) in [7, 11) is 1.35. The molecule has 3 rings (SSSR count). The number of fused-ring (bicyclic) bond motifs is 1. The summed E-state index contributed by atoms with van der Waals surface area (Å²) in [6.07, 6.45) is 1.88. The van der Waals surface area contributed by atoms with Crippen LogP contribution in [0.3, 0.4) is 0 Å². The molecule has 1 saturated carbocycles. The summed E-state index contributed by atoms with van der Waals surface area (Å²) in [6.45, 7) is 1.73. The summed E-state index contributed by atoms with van der Waals surface area (Å²) < 4.78 is 4.81. The minimum Gasteiger partial charge on any atom is -0.467 e. The van der Waals surface area contributed by atoms with Gasteiger partial charge in [-0.15, -0.1) is 0 Å². The highest BCUT2D eigenvalue weighted by molar-refractivity contribution is 6.08. The van der Waals surface area contributed by atoms with Gasteiger partial charge in [-0.2, -0.15) is 0 Å². The van der Waals surface area contributed by atoms with E-state index in [-0.39, 0.29) is 17.9 Å². The number of esters is 1. The van der Waals surface area contributed by atoms with Crippen LogP contribution in [0.1, 0.15) is 30.1 Å². The predicted molar refractivity (Wildman–Crippen MR) is 84.6 cm³/mol. The van der Waals surface area contributed by atoms with Crippen LogP contribution in [0.4, 0.5) is 0 Å². The van der Waals surface area contributed by atoms with Gasteiger partial charge in [-0.05, 0) is 36.6 Å². The zero-order chi connectivity index (χ0) is 15.7. The average Bonchev–Trinajstić information content (AvgIpc) is 3.38. The molecule has 0 N–H and O–H groups in total. The molecule has 0 bridgehead atoms. The van der Waals surface area contributed by atoms with E-state index in [1.807, 2.05) is 42.5 Å². The normalized spacial score (nSPS) is 15.4. The van der Waals surface area contributed by atoms with Gasteiger partial charge in [0, 0.05) is 11.6 Å². The maximum absolute atomic E-state index is 13.0. The Morgan fingerprint density at radius 1 is 1.14 bits per heavy atom. The zero-order valence-electron chi connectivity index (χ0n) is 12.8. The second-order valence-electron chi connectivity index (χ2n) is 5.67. The van der Waals surface area contributed by atoms with Crippen molar-refractivity contribution in [1.29, 1.82) is 0 Å². The quantitative estimate of drug-likeness (QED) is 0.815. The molecule has 4 nitrogen and oxygen atoms in total. The molecule has 0 unspecified atom stereocenters. The first-order valence-corrected chi connectivity index (χ1v) is 7.51. The molecular weight excluding hydrogens is 278 g/mol. The van der Waals surface area contributed by atoms with Gasteiger partial charge in [0.25, 0.3) is 5.91 Å². The fraction of sp³-hybridized carbons (Fsp3) is 0.333. The number of hydrogen-bond acceptors (Lipinski definition) is 3. The van der Waals surface area contributed by atoms with Gasteiger partial charge in [0.05, 0.1) is 7.11 Å². The van der Waals surface area contributed by atoms with E-state index in [4.69, 9.17) is 4.74 Å². The summed E-state index contributed by atoms with van der Waals surface area (Å²) in [5.74, 6) is -0.474. The van der Waals surface area contributed by atoms with Gasteiger partial charge in [-0.3, -0.25) is 4.79 Å². The molecular formula is C18H19NO3. The molecule has 0 aromatic heterocycles.